The zero-order chi connectivity index (χ0) is 14.5. The fourth-order valence-corrected chi connectivity index (χ4v) is 2.11. The van der Waals surface area contributed by atoms with E-state index in [0.29, 0.717) is 22.8 Å². The van der Waals surface area contributed by atoms with E-state index in [1.807, 2.05) is 19.1 Å². The molecule has 0 fully saturated rings. The molecule has 2 aromatic rings. The fraction of sp³-hybridized carbons (Fsp3) is 0.235. The number of ether oxygens (including phenoxy) is 1. The molecule has 0 heterocycles. The lowest BCUT2D eigenvalue weighted by molar-refractivity contribution is 0.103. The Morgan fingerprint density at radius 3 is 2.50 bits per heavy atom. The topological polar surface area (TPSA) is 26.3 Å². The number of rotatable bonds is 5. The molecule has 0 spiro atoms. The van der Waals surface area contributed by atoms with E-state index in [0.717, 1.165) is 17.7 Å². The molecule has 0 amide bonds. The predicted octanol–water partition coefficient (Wildman–Crippen LogP) is 4.67. The van der Waals surface area contributed by atoms with Gasteiger partial charge in [-0.1, -0.05) is 30.7 Å². The predicted molar refractivity (Wildman–Crippen MR) is 81.8 cm³/mol. The van der Waals surface area contributed by atoms with Gasteiger partial charge in [0, 0.05) is 16.1 Å². The summed E-state index contributed by atoms with van der Waals surface area (Å²) in [7, 11) is 0. The minimum atomic E-state index is -0.0213. The number of ketones is 1. The fourth-order valence-electron chi connectivity index (χ4n) is 1.93. The van der Waals surface area contributed by atoms with Crippen LogP contribution in [0.15, 0.2) is 42.5 Å². The van der Waals surface area contributed by atoms with Crippen molar-refractivity contribution in [2.45, 2.75) is 20.3 Å². The summed E-state index contributed by atoms with van der Waals surface area (Å²) < 4.78 is 5.51. The van der Waals surface area contributed by atoms with Crippen molar-refractivity contribution in [2.75, 3.05) is 6.61 Å². The first-order valence-electron chi connectivity index (χ1n) is 6.66. The Kier molecular flexibility index (Phi) is 4.80. The SMILES string of the molecule is CCCOc1ccc(C(=O)c2cccc(Cl)c2C)cc1. The molecule has 0 saturated heterocycles. The first kappa shape index (κ1) is 14.6. The highest BCUT2D eigenvalue weighted by molar-refractivity contribution is 6.32. The van der Waals surface area contributed by atoms with Crippen LogP contribution in [0.1, 0.15) is 34.8 Å². The van der Waals surface area contributed by atoms with Gasteiger partial charge in [0.05, 0.1) is 6.61 Å². The highest BCUT2D eigenvalue weighted by Crippen LogP contribution is 2.22. The first-order valence-corrected chi connectivity index (χ1v) is 7.04. The number of carbonyl (C=O) groups is 1. The van der Waals surface area contributed by atoms with Crippen LogP contribution in [0.25, 0.3) is 0 Å². The van der Waals surface area contributed by atoms with E-state index < -0.39 is 0 Å². The normalized spacial score (nSPS) is 10.3. The van der Waals surface area contributed by atoms with Gasteiger partial charge in [-0.25, -0.2) is 0 Å². The van der Waals surface area contributed by atoms with E-state index in [1.165, 1.54) is 0 Å². The van der Waals surface area contributed by atoms with E-state index in [2.05, 4.69) is 6.92 Å². The average Bonchev–Trinajstić information content (AvgIpc) is 2.48. The molecule has 2 aromatic carbocycles. The molecule has 0 N–H and O–H groups in total. The molecule has 0 aliphatic carbocycles. The molecule has 0 aromatic heterocycles. The van der Waals surface area contributed by atoms with Crippen molar-refractivity contribution in [1.82, 2.24) is 0 Å². The van der Waals surface area contributed by atoms with Crippen LogP contribution in [-0.4, -0.2) is 12.4 Å². The average molecular weight is 289 g/mol. The molecule has 0 aliphatic rings. The third kappa shape index (κ3) is 3.20. The molecule has 2 nitrogen and oxygen atoms in total. The molecule has 0 saturated carbocycles. The highest BCUT2D eigenvalue weighted by atomic mass is 35.5. The van der Waals surface area contributed by atoms with Gasteiger partial charge >= 0.3 is 0 Å². The Morgan fingerprint density at radius 2 is 1.85 bits per heavy atom. The lowest BCUT2D eigenvalue weighted by Gasteiger charge is -2.08. The van der Waals surface area contributed by atoms with E-state index in [4.69, 9.17) is 16.3 Å². The summed E-state index contributed by atoms with van der Waals surface area (Å²) in [6.45, 7) is 4.59. The van der Waals surface area contributed by atoms with Gasteiger partial charge in [-0.3, -0.25) is 4.79 Å². The van der Waals surface area contributed by atoms with Crippen LogP contribution in [0, 0.1) is 6.92 Å². The van der Waals surface area contributed by atoms with Crippen LogP contribution in [0.2, 0.25) is 5.02 Å². The van der Waals surface area contributed by atoms with Crippen molar-refractivity contribution in [2.24, 2.45) is 0 Å². The van der Waals surface area contributed by atoms with Crippen molar-refractivity contribution < 1.29 is 9.53 Å². The van der Waals surface area contributed by atoms with Crippen molar-refractivity contribution in [3.05, 3.63) is 64.2 Å². The second-order valence-corrected chi connectivity index (χ2v) is 5.02. The van der Waals surface area contributed by atoms with E-state index >= 15 is 0 Å². The molecule has 0 bridgehead atoms. The largest absolute Gasteiger partial charge is 0.494 e. The maximum absolute atomic E-state index is 12.4. The summed E-state index contributed by atoms with van der Waals surface area (Å²) in [6.07, 6.45) is 0.961. The monoisotopic (exact) mass is 288 g/mol. The van der Waals surface area contributed by atoms with Gasteiger partial charge in [-0.05, 0) is 49.2 Å². The lowest BCUT2D eigenvalue weighted by atomic mass is 9.99. The molecule has 104 valence electrons. The molecule has 2 rings (SSSR count). The summed E-state index contributed by atoms with van der Waals surface area (Å²) in [6, 6.07) is 12.6. The maximum Gasteiger partial charge on any atom is 0.193 e. The summed E-state index contributed by atoms with van der Waals surface area (Å²) in [5, 5.41) is 0.610. The Labute approximate surface area is 124 Å². The number of halogens is 1. The zero-order valence-electron chi connectivity index (χ0n) is 11.7. The van der Waals surface area contributed by atoms with Crippen LogP contribution in [-0.2, 0) is 0 Å². The van der Waals surface area contributed by atoms with Gasteiger partial charge in [0.1, 0.15) is 5.75 Å². The van der Waals surface area contributed by atoms with Gasteiger partial charge in [0.15, 0.2) is 5.78 Å². The smallest absolute Gasteiger partial charge is 0.193 e. The van der Waals surface area contributed by atoms with Crippen LogP contribution < -0.4 is 4.74 Å². The molecular formula is C17H17ClO2. The third-order valence-corrected chi connectivity index (χ3v) is 3.51. The van der Waals surface area contributed by atoms with E-state index in [-0.39, 0.29) is 5.78 Å². The standard InChI is InChI=1S/C17H17ClO2/c1-3-11-20-14-9-7-13(8-10-14)17(19)15-5-4-6-16(18)12(15)2/h4-10H,3,11H2,1-2H3. The maximum atomic E-state index is 12.4. The Hall–Kier alpha value is -1.80. The quantitative estimate of drug-likeness (QED) is 0.748. The van der Waals surface area contributed by atoms with Crippen molar-refractivity contribution in [3.63, 3.8) is 0 Å². The van der Waals surface area contributed by atoms with Crippen LogP contribution in [0.3, 0.4) is 0 Å². The second-order valence-electron chi connectivity index (χ2n) is 4.61. The van der Waals surface area contributed by atoms with Crippen molar-refractivity contribution >= 4 is 17.4 Å². The van der Waals surface area contributed by atoms with Gasteiger partial charge < -0.3 is 4.74 Å². The minimum Gasteiger partial charge on any atom is -0.494 e. The Bertz CT molecular complexity index is 603. The van der Waals surface area contributed by atoms with E-state index in [1.54, 1.807) is 30.3 Å². The minimum absolute atomic E-state index is 0.0213. The van der Waals surface area contributed by atoms with Crippen LogP contribution in [0.4, 0.5) is 0 Å². The van der Waals surface area contributed by atoms with Gasteiger partial charge in [-0.2, -0.15) is 0 Å². The number of carbonyl (C=O) groups excluding carboxylic acids is 1. The molecule has 0 unspecified atom stereocenters. The first-order chi connectivity index (χ1) is 9.63. The van der Waals surface area contributed by atoms with Gasteiger partial charge in [0.25, 0.3) is 0 Å². The molecule has 0 aliphatic heterocycles. The Balaban J connectivity index is 2.23. The van der Waals surface area contributed by atoms with E-state index in [9.17, 15) is 4.79 Å². The zero-order valence-corrected chi connectivity index (χ0v) is 12.4. The number of hydrogen-bond donors (Lipinski definition) is 0. The van der Waals surface area contributed by atoms with Gasteiger partial charge in [0.2, 0.25) is 0 Å². The molecule has 0 radical (unpaired) electrons. The van der Waals surface area contributed by atoms with Crippen LogP contribution >= 0.6 is 11.6 Å². The Morgan fingerprint density at radius 1 is 1.15 bits per heavy atom. The lowest BCUT2D eigenvalue weighted by Crippen LogP contribution is -2.04. The highest BCUT2D eigenvalue weighted by Gasteiger charge is 2.13. The molecule has 20 heavy (non-hydrogen) atoms. The number of hydrogen-bond acceptors (Lipinski definition) is 2. The molecule has 0 atom stereocenters. The molecular weight excluding hydrogens is 272 g/mol. The summed E-state index contributed by atoms with van der Waals surface area (Å²) in [4.78, 5) is 12.4. The summed E-state index contributed by atoms with van der Waals surface area (Å²) >= 11 is 6.06. The van der Waals surface area contributed by atoms with Gasteiger partial charge in [-0.15, -0.1) is 0 Å². The second kappa shape index (κ2) is 6.58. The van der Waals surface area contributed by atoms with Crippen molar-refractivity contribution in [1.29, 1.82) is 0 Å². The summed E-state index contributed by atoms with van der Waals surface area (Å²) in [5.74, 6) is 0.762. The van der Waals surface area contributed by atoms with Crippen molar-refractivity contribution in [3.8, 4) is 5.75 Å². The number of benzene rings is 2. The third-order valence-electron chi connectivity index (χ3n) is 3.10. The summed E-state index contributed by atoms with van der Waals surface area (Å²) in [5.41, 5.74) is 2.09. The molecule has 3 heteroatoms. The van der Waals surface area contributed by atoms with Crippen LogP contribution in [0.5, 0.6) is 5.75 Å².